The third-order valence-corrected chi connectivity index (χ3v) is 2.42. The molecule has 0 unspecified atom stereocenters. The molecule has 2 aliphatic carbocycles. The van der Waals surface area contributed by atoms with Crippen molar-refractivity contribution in [3.63, 3.8) is 0 Å². The Balaban J connectivity index is 0.000000134. The maximum absolute atomic E-state index is 10.2. The van der Waals surface area contributed by atoms with E-state index in [2.05, 4.69) is 24.3 Å². The molecule has 0 fully saturated rings. The summed E-state index contributed by atoms with van der Waals surface area (Å²) in [7, 11) is 0. The summed E-state index contributed by atoms with van der Waals surface area (Å²) < 4.78 is 0. The summed E-state index contributed by atoms with van der Waals surface area (Å²) in [5.74, 6) is 0.0422. The van der Waals surface area contributed by atoms with Gasteiger partial charge in [0, 0.05) is 0 Å². The van der Waals surface area contributed by atoms with E-state index in [1.165, 1.54) is 17.2 Å². The Morgan fingerprint density at radius 2 is 1.75 bits per heavy atom. The first-order chi connectivity index (χ1) is 7.70. The second kappa shape index (κ2) is 4.19. The Labute approximate surface area is 94.2 Å². The van der Waals surface area contributed by atoms with Gasteiger partial charge in [-0.2, -0.15) is 0 Å². The van der Waals surface area contributed by atoms with Crippen molar-refractivity contribution in [1.29, 1.82) is 0 Å². The number of rotatable bonds is 1. The molecule has 0 atom stereocenters. The first kappa shape index (κ1) is 10.4. The summed E-state index contributed by atoms with van der Waals surface area (Å²) in [6, 6.07) is 13.4. The first-order valence-electron chi connectivity index (χ1n) is 5.06. The van der Waals surface area contributed by atoms with E-state index < -0.39 is 0 Å². The summed E-state index contributed by atoms with van der Waals surface area (Å²) in [5, 5.41) is 9.00. The lowest BCUT2D eigenvalue weighted by molar-refractivity contribution is 0.112. The summed E-state index contributed by atoms with van der Waals surface area (Å²) in [6.45, 7) is 1.87. The SMILES string of the molecule is Cc1ccc(O)c(C=O)c1.c1cc2cc-2c1. The minimum Gasteiger partial charge on any atom is -0.507 e. The van der Waals surface area contributed by atoms with Gasteiger partial charge < -0.3 is 5.11 Å². The molecule has 0 spiro atoms. The van der Waals surface area contributed by atoms with Gasteiger partial charge in [-0.1, -0.05) is 29.8 Å². The van der Waals surface area contributed by atoms with E-state index in [9.17, 15) is 4.79 Å². The van der Waals surface area contributed by atoms with Gasteiger partial charge in [-0.25, -0.2) is 0 Å². The fourth-order valence-electron chi connectivity index (χ4n) is 1.44. The van der Waals surface area contributed by atoms with Crippen molar-refractivity contribution >= 4 is 6.29 Å². The highest BCUT2D eigenvalue weighted by atomic mass is 16.3. The molecular weight excluding hydrogens is 200 g/mol. The van der Waals surface area contributed by atoms with Crippen LogP contribution in [0.4, 0.5) is 0 Å². The minimum absolute atomic E-state index is 0.0422. The standard InChI is InChI=1S/C8H8O2.C6H4/c1-6-2-3-8(10)7(4-6)5-9;1-2-5-4-6(5)3-1/h2-5,10H,1H3;1-4H. The van der Waals surface area contributed by atoms with E-state index in [4.69, 9.17) is 5.11 Å². The molecule has 2 heteroatoms. The lowest BCUT2D eigenvalue weighted by atomic mass is 10.1. The Kier molecular flexibility index (Phi) is 2.73. The van der Waals surface area contributed by atoms with Gasteiger partial charge in [0.15, 0.2) is 6.29 Å². The van der Waals surface area contributed by atoms with E-state index in [1.807, 2.05) is 6.92 Å². The van der Waals surface area contributed by atoms with Crippen LogP contribution in [0.15, 0.2) is 42.5 Å². The van der Waals surface area contributed by atoms with Gasteiger partial charge in [-0.3, -0.25) is 4.79 Å². The predicted octanol–water partition coefficient (Wildman–Crippen LogP) is 3.18. The van der Waals surface area contributed by atoms with E-state index in [-0.39, 0.29) is 5.75 Å². The van der Waals surface area contributed by atoms with Crippen molar-refractivity contribution < 1.29 is 9.90 Å². The highest BCUT2D eigenvalue weighted by Crippen LogP contribution is 2.32. The van der Waals surface area contributed by atoms with Crippen LogP contribution in [0.1, 0.15) is 15.9 Å². The molecule has 16 heavy (non-hydrogen) atoms. The maximum Gasteiger partial charge on any atom is 0.153 e. The molecule has 0 amide bonds. The zero-order chi connectivity index (χ0) is 11.5. The quantitative estimate of drug-likeness (QED) is 0.629. The Hall–Kier alpha value is -2.09. The first-order valence-corrected chi connectivity index (χ1v) is 5.06. The van der Waals surface area contributed by atoms with E-state index in [0.29, 0.717) is 11.8 Å². The third kappa shape index (κ3) is 2.28. The number of phenols is 1. The van der Waals surface area contributed by atoms with Crippen molar-refractivity contribution in [2.75, 3.05) is 0 Å². The number of fused-ring (bicyclic) bond motifs is 1. The molecule has 80 valence electrons. The molecule has 0 radical (unpaired) electrons. The Morgan fingerprint density at radius 3 is 2.12 bits per heavy atom. The van der Waals surface area contributed by atoms with Crippen LogP contribution < -0.4 is 0 Å². The number of carbonyl (C=O) groups excluding carboxylic acids is 1. The monoisotopic (exact) mass is 212 g/mol. The molecule has 0 saturated carbocycles. The molecule has 0 heterocycles. The van der Waals surface area contributed by atoms with Crippen LogP contribution in [0.5, 0.6) is 5.75 Å². The number of aldehydes is 1. The van der Waals surface area contributed by atoms with Crippen LogP contribution >= 0.6 is 0 Å². The number of aromatic hydroxyl groups is 1. The smallest absolute Gasteiger partial charge is 0.153 e. The van der Waals surface area contributed by atoms with Crippen LogP contribution in [0, 0.1) is 6.92 Å². The Morgan fingerprint density at radius 1 is 1.06 bits per heavy atom. The fourth-order valence-corrected chi connectivity index (χ4v) is 1.44. The number of benzene rings is 2. The molecule has 2 aliphatic rings. The second-order valence-electron chi connectivity index (χ2n) is 3.76. The summed E-state index contributed by atoms with van der Waals surface area (Å²) in [6.07, 6.45) is 0.641. The Bertz CT molecular complexity index is 513. The molecule has 0 aliphatic heterocycles. The molecule has 0 bridgehead atoms. The van der Waals surface area contributed by atoms with Crippen LogP contribution in [-0.2, 0) is 0 Å². The highest BCUT2D eigenvalue weighted by Gasteiger charge is 2.06. The normalized spacial score (nSPS) is 10.1. The lowest BCUT2D eigenvalue weighted by Crippen LogP contribution is -1.81. The fraction of sp³-hybridized carbons (Fsp3) is 0.0714. The van der Waals surface area contributed by atoms with Crippen LogP contribution in [-0.4, -0.2) is 11.4 Å². The van der Waals surface area contributed by atoms with E-state index in [1.54, 1.807) is 12.1 Å². The van der Waals surface area contributed by atoms with Crippen LogP contribution in [0.25, 0.3) is 11.1 Å². The van der Waals surface area contributed by atoms with Gasteiger partial charge in [0.2, 0.25) is 0 Å². The average molecular weight is 212 g/mol. The van der Waals surface area contributed by atoms with Gasteiger partial charge in [0.25, 0.3) is 0 Å². The van der Waals surface area contributed by atoms with Gasteiger partial charge in [-0.15, -0.1) is 0 Å². The summed E-state index contributed by atoms with van der Waals surface area (Å²) >= 11 is 0. The molecule has 3 rings (SSSR count). The van der Waals surface area contributed by atoms with Crippen LogP contribution in [0.2, 0.25) is 0 Å². The van der Waals surface area contributed by atoms with Gasteiger partial charge >= 0.3 is 0 Å². The van der Waals surface area contributed by atoms with Gasteiger partial charge in [-0.05, 0) is 36.2 Å². The molecule has 0 aromatic heterocycles. The molecule has 1 N–H and O–H groups in total. The lowest BCUT2D eigenvalue weighted by Gasteiger charge is -1.96. The van der Waals surface area contributed by atoms with Crippen molar-refractivity contribution in [3.05, 3.63) is 53.6 Å². The molecular formula is C14H12O2. The molecule has 1 aromatic carbocycles. The van der Waals surface area contributed by atoms with Crippen molar-refractivity contribution in [1.82, 2.24) is 0 Å². The second-order valence-corrected chi connectivity index (χ2v) is 3.76. The summed E-state index contributed by atoms with van der Waals surface area (Å²) in [5.41, 5.74) is 4.17. The van der Waals surface area contributed by atoms with Crippen LogP contribution in [0.3, 0.4) is 0 Å². The summed E-state index contributed by atoms with van der Waals surface area (Å²) in [4.78, 5) is 10.2. The van der Waals surface area contributed by atoms with Gasteiger partial charge in [0.05, 0.1) is 5.56 Å². The largest absolute Gasteiger partial charge is 0.507 e. The number of hydrogen-bond acceptors (Lipinski definition) is 2. The van der Waals surface area contributed by atoms with Gasteiger partial charge in [0.1, 0.15) is 5.75 Å². The zero-order valence-corrected chi connectivity index (χ0v) is 8.97. The van der Waals surface area contributed by atoms with Crippen molar-refractivity contribution in [2.24, 2.45) is 0 Å². The predicted molar refractivity (Wildman–Crippen MR) is 63.7 cm³/mol. The number of carbonyl (C=O) groups is 1. The number of phenolic OH excluding ortho intramolecular Hbond substituents is 1. The molecule has 0 saturated heterocycles. The minimum atomic E-state index is 0.0422. The maximum atomic E-state index is 10.2. The molecule has 2 nitrogen and oxygen atoms in total. The van der Waals surface area contributed by atoms with Crippen molar-refractivity contribution in [3.8, 4) is 16.9 Å². The topological polar surface area (TPSA) is 37.3 Å². The third-order valence-electron chi connectivity index (χ3n) is 2.42. The number of aryl methyl sites for hydroxylation is 1. The average Bonchev–Trinajstić information content (AvgIpc) is 2.90. The highest BCUT2D eigenvalue weighted by molar-refractivity contribution is 5.80. The molecule has 1 aromatic rings. The zero-order valence-electron chi connectivity index (χ0n) is 8.97. The van der Waals surface area contributed by atoms with E-state index >= 15 is 0 Å². The number of hydrogen-bond donors (Lipinski definition) is 1. The van der Waals surface area contributed by atoms with Crippen molar-refractivity contribution in [2.45, 2.75) is 6.92 Å². The van der Waals surface area contributed by atoms with E-state index in [0.717, 1.165) is 5.56 Å².